The first kappa shape index (κ1) is 8.77. The molecule has 0 unspecified atom stereocenters. The minimum Gasteiger partial charge on any atom is -0.508 e. The van der Waals surface area contributed by atoms with E-state index in [2.05, 4.69) is 9.89 Å². The summed E-state index contributed by atoms with van der Waals surface area (Å²) in [6.45, 7) is 2.29. The standard InChI is InChI=1S/C12H14N2O/c15-10-4-2-9-3-5-12(13-11(9)8-10)14-6-1-7-14/h2,4,8,15H,1,3,5-7H2. The van der Waals surface area contributed by atoms with Gasteiger partial charge >= 0.3 is 0 Å². The molecule has 2 aliphatic heterocycles. The summed E-state index contributed by atoms with van der Waals surface area (Å²) >= 11 is 0. The number of aliphatic imine (C=N–C) groups is 1. The molecule has 0 aliphatic carbocycles. The third-order valence-corrected chi connectivity index (χ3v) is 3.16. The predicted molar refractivity (Wildman–Crippen MR) is 59.7 cm³/mol. The molecule has 0 aromatic heterocycles. The van der Waals surface area contributed by atoms with Crippen LogP contribution in [0.4, 0.5) is 5.69 Å². The first-order valence-electron chi connectivity index (χ1n) is 5.47. The summed E-state index contributed by atoms with van der Waals surface area (Å²) in [4.78, 5) is 6.94. The van der Waals surface area contributed by atoms with Gasteiger partial charge in [-0.15, -0.1) is 0 Å². The number of aromatic hydroxyl groups is 1. The van der Waals surface area contributed by atoms with Crippen molar-refractivity contribution in [2.24, 2.45) is 4.99 Å². The van der Waals surface area contributed by atoms with E-state index in [1.807, 2.05) is 6.07 Å². The number of amidine groups is 1. The third kappa shape index (κ3) is 1.48. The smallest absolute Gasteiger partial charge is 0.117 e. The number of fused-ring (bicyclic) bond motifs is 1. The molecular formula is C12H14N2O. The monoisotopic (exact) mass is 202 g/mol. The Morgan fingerprint density at radius 1 is 1.20 bits per heavy atom. The molecule has 0 radical (unpaired) electrons. The summed E-state index contributed by atoms with van der Waals surface area (Å²) in [5.41, 5.74) is 2.19. The van der Waals surface area contributed by atoms with Gasteiger partial charge in [0.1, 0.15) is 11.6 Å². The molecule has 78 valence electrons. The first-order valence-corrected chi connectivity index (χ1v) is 5.47. The Morgan fingerprint density at radius 3 is 2.80 bits per heavy atom. The number of likely N-dealkylation sites (tertiary alicyclic amines) is 1. The highest BCUT2D eigenvalue weighted by Gasteiger charge is 2.21. The van der Waals surface area contributed by atoms with Crippen LogP contribution in [0.5, 0.6) is 5.75 Å². The van der Waals surface area contributed by atoms with E-state index >= 15 is 0 Å². The Hall–Kier alpha value is -1.51. The topological polar surface area (TPSA) is 35.8 Å². The average Bonchev–Trinajstić information content (AvgIpc) is 2.14. The molecule has 15 heavy (non-hydrogen) atoms. The third-order valence-electron chi connectivity index (χ3n) is 3.16. The van der Waals surface area contributed by atoms with E-state index in [1.165, 1.54) is 17.8 Å². The van der Waals surface area contributed by atoms with Gasteiger partial charge < -0.3 is 10.0 Å². The largest absolute Gasteiger partial charge is 0.508 e. The van der Waals surface area contributed by atoms with E-state index in [-0.39, 0.29) is 0 Å². The number of aryl methyl sites for hydroxylation is 1. The van der Waals surface area contributed by atoms with Crippen LogP contribution in [0.3, 0.4) is 0 Å². The Bertz CT molecular complexity index is 422. The van der Waals surface area contributed by atoms with Crippen LogP contribution in [0.1, 0.15) is 18.4 Å². The van der Waals surface area contributed by atoms with Gasteiger partial charge in [-0.2, -0.15) is 0 Å². The number of phenols is 1. The van der Waals surface area contributed by atoms with E-state index in [1.54, 1.807) is 12.1 Å². The maximum absolute atomic E-state index is 9.40. The zero-order chi connectivity index (χ0) is 10.3. The van der Waals surface area contributed by atoms with Crippen LogP contribution >= 0.6 is 0 Å². The van der Waals surface area contributed by atoms with Gasteiger partial charge in [-0.25, -0.2) is 4.99 Å². The second kappa shape index (κ2) is 3.26. The Kier molecular flexibility index (Phi) is 1.91. The second-order valence-electron chi connectivity index (χ2n) is 4.18. The molecule has 2 heterocycles. The highest BCUT2D eigenvalue weighted by molar-refractivity contribution is 5.88. The summed E-state index contributed by atoms with van der Waals surface area (Å²) in [6, 6.07) is 5.47. The zero-order valence-electron chi connectivity index (χ0n) is 8.61. The Labute approximate surface area is 89.1 Å². The van der Waals surface area contributed by atoms with Gasteiger partial charge in [0.05, 0.1) is 5.69 Å². The highest BCUT2D eigenvalue weighted by atomic mass is 16.3. The van der Waals surface area contributed by atoms with Crippen LogP contribution in [-0.4, -0.2) is 28.9 Å². The van der Waals surface area contributed by atoms with Gasteiger partial charge in [0.25, 0.3) is 0 Å². The quantitative estimate of drug-likeness (QED) is 0.699. The molecule has 1 fully saturated rings. The number of phenolic OH excluding ortho intramolecular Hbond substituents is 1. The molecular weight excluding hydrogens is 188 g/mol. The molecule has 3 nitrogen and oxygen atoms in total. The van der Waals surface area contributed by atoms with Crippen LogP contribution in [0.2, 0.25) is 0 Å². The summed E-state index contributed by atoms with van der Waals surface area (Å²) in [5, 5.41) is 9.40. The lowest BCUT2D eigenvalue weighted by molar-refractivity contribution is 0.293. The summed E-state index contributed by atoms with van der Waals surface area (Å²) in [7, 11) is 0. The first-order chi connectivity index (χ1) is 7.33. The van der Waals surface area contributed by atoms with Crippen molar-refractivity contribution < 1.29 is 5.11 Å². The van der Waals surface area contributed by atoms with E-state index in [9.17, 15) is 5.11 Å². The van der Waals surface area contributed by atoms with Gasteiger partial charge in [-0.3, -0.25) is 0 Å². The number of benzene rings is 1. The molecule has 1 N–H and O–H groups in total. The van der Waals surface area contributed by atoms with Crippen molar-refractivity contribution in [2.45, 2.75) is 19.3 Å². The van der Waals surface area contributed by atoms with Gasteiger partial charge in [-0.1, -0.05) is 6.07 Å². The van der Waals surface area contributed by atoms with Crippen LogP contribution in [0.15, 0.2) is 23.2 Å². The molecule has 0 amide bonds. The molecule has 0 bridgehead atoms. The van der Waals surface area contributed by atoms with E-state index in [4.69, 9.17) is 0 Å². The number of rotatable bonds is 0. The molecule has 1 aromatic carbocycles. The van der Waals surface area contributed by atoms with E-state index < -0.39 is 0 Å². The van der Waals surface area contributed by atoms with Crippen LogP contribution in [-0.2, 0) is 6.42 Å². The summed E-state index contributed by atoms with van der Waals surface area (Å²) < 4.78 is 0. The molecule has 1 saturated heterocycles. The Morgan fingerprint density at radius 2 is 2.07 bits per heavy atom. The van der Waals surface area contributed by atoms with Crippen molar-refractivity contribution in [2.75, 3.05) is 13.1 Å². The van der Waals surface area contributed by atoms with E-state index in [0.29, 0.717) is 5.75 Å². The van der Waals surface area contributed by atoms with Gasteiger partial charge in [0, 0.05) is 25.6 Å². The van der Waals surface area contributed by atoms with Crippen LogP contribution in [0.25, 0.3) is 0 Å². The summed E-state index contributed by atoms with van der Waals surface area (Å²) in [6.07, 6.45) is 3.37. The van der Waals surface area contributed by atoms with Crippen molar-refractivity contribution in [1.29, 1.82) is 0 Å². The average molecular weight is 202 g/mol. The van der Waals surface area contributed by atoms with E-state index in [0.717, 1.165) is 31.6 Å². The van der Waals surface area contributed by atoms with Crippen molar-refractivity contribution in [1.82, 2.24) is 4.90 Å². The lowest BCUT2D eigenvalue weighted by Crippen LogP contribution is -2.42. The van der Waals surface area contributed by atoms with Crippen molar-refractivity contribution in [3.8, 4) is 5.75 Å². The van der Waals surface area contributed by atoms with Crippen molar-refractivity contribution in [3.05, 3.63) is 23.8 Å². The fourth-order valence-electron chi connectivity index (χ4n) is 2.11. The van der Waals surface area contributed by atoms with Crippen LogP contribution in [0, 0.1) is 0 Å². The molecule has 3 heteroatoms. The lowest BCUT2D eigenvalue weighted by atomic mass is 10.0. The maximum atomic E-state index is 9.40. The number of hydrogen-bond donors (Lipinski definition) is 1. The Balaban J connectivity index is 1.96. The van der Waals surface area contributed by atoms with Gasteiger partial charge in [-0.05, 0) is 24.5 Å². The normalized spacial score (nSPS) is 19.2. The molecule has 0 spiro atoms. The SMILES string of the molecule is Oc1ccc2c(c1)N=C(N1CCC1)CC2. The zero-order valence-corrected chi connectivity index (χ0v) is 8.61. The second-order valence-corrected chi connectivity index (χ2v) is 4.18. The fraction of sp³-hybridized carbons (Fsp3) is 0.417. The molecule has 0 saturated carbocycles. The van der Waals surface area contributed by atoms with Crippen molar-refractivity contribution in [3.63, 3.8) is 0 Å². The molecule has 1 aromatic rings. The highest BCUT2D eigenvalue weighted by Crippen LogP contribution is 2.30. The molecule has 0 atom stereocenters. The fourth-order valence-corrected chi connectivity index (χ4v) is 2.11. The predicted octanol–water partition coefficient (Wildman–Crippen LogP) is 2.07. The van der Waals surface area contributed by atoms with Gasteiger partial charge in [0.15, 0.2) is 0 Å². The van der Waals surface area contributed by atoms with Gasteiger partial charge in [0.2, 0.25) is 0 Å². The number of hydrogen-bond acceptors (Lipinski definition) is 3. The summed E-state index contributed by atoms with van der Waals surface area (Å²) in [5.74, 6) is 1.50. The maximum Gasteiger partial charge on any atom is 0.117 e. The number of nitrogens with zero attached hydrogens (tertiary/aromatic N) is 2. The minimum atomic E-state index is 0.308. The molecule has 2 aliphatic rings. The minimum absolute atomic E-state index is 0.308. The molecule has 3 rings (SSSR count). The van der Waals surface area contributed by atoms with Crippen LogP contribution < -0.4 is 0 Å². The van der Waals surface area contributed by atoms with Crippen molar-refractivity contribution >= 4 is 11.5 Å². The lowest BCUT2D eigenvalue weighted by Gasteiger charge is -2.35.